The van der Waals surface area contributed by atoms with Gasteiger partial charge in [0.15, 0.2) is 0 Å². The zero-order valence-corrected chi connectivity index (χ0v) is 22.9. The van der Waals surface area contributed by atoms with Gasteiger partial charge < -0.3 is 19.9 Å². The molecule has 0 saturated heterocycles. The van der Waals surface area contributed by atoms with Crippen LogP contribution in [0.2, 0.25) is 5.02 Å². The summed E-state index contributed by atoms with van der Waals surface area (Å²) >= 11 is 6.21. The summed E-state index contributed by atoms with van der Waals surface area (Å²) in [4.78, 5) is 0. The maximum atomic E-state index is 12.9. The van der Waals surface area contributed by atoms with Gasteiger partial charge in [0.1, 0.15) is 17.2 Å². The van der Waals surface area contributed by atoms with Crippen molar-refractivity contribution in [2.45, 2.75) is 38.0 Å². The molecule has 2 atom stereocenters. The van der Waals surface area contributed by atoms with Crippen LogP contribution in [0.15, 0.2) is 91.0 Å². The van der Waals surface area contributed by atoms with Crippen LogP contribution in [0.3, 0.4) is 0 Å². The smallest absolute Gasteiger partial charge is 0.457 e. The lowest BCUT2D eigenvalue weighted by Crippen LogP contribution is -2.27. The molecule has 0 aliphatic carbocycles. The van der Waals surface area contributed by atoms with Crippen molar-refractivity contribution in [3.05, 3.63) is 124 Å². The van der Waals surface area contributed by atoms with E-state index in [1.165, 1.54) is 36.4 Å². The second-order valence-electron chi connectivity index (χ2n) is 9.37. The molecule has 4 nitrogen and oxygen atoms in total. The molecular weight excluding hydrogens is 584 g/mol. The summed E-state index contributed by atoms with van der Waals surface area (Å²) in [6.45, 7) is 1.88. The summed E-state index contributed by atoms with van der Waals surface area (Å²) in [6, 6.07) is 21.0. The lowest BCUT2D eigenvalue weighted by molar-refractivity contribution is -0.274. The Morgan fingerprint density at radius 2 is 1.38 bits per heavy atom. The fourth-order valence-corrected chi connectivity index (χ4v) is 4.56. The van der Waals surface area contributed by atoms with E-state index in [1.54, 1.807) is 36.4 Å². The van der Waals surface area contributed by atoms with Crippen LogP contribution in [0.1, 0.15) is 46.9 Å². The highest BCUT2D eigenvalue weighted by Crippen LogP contribution is 2.33. The predicted octanol–water partition coefficient (Wildman–Crippen LogP) is 9.02. The molecule has 0 amide bonds. The van der Waals surface area contributed by atoms with Crippen molar-refractivity contribution in [3.8, 4) is 17.2 Å². The van der Waals surface area contributed by atoms with E-state index in [-0.39, 0.29) is 12.1 Å². The Kier molecular flexibility index (Phi) is 9.71. The number of ether oxygens (including phenoxy) is 2. The Morgan fingerprint density at radius 3 is 2.00 bits per heavy atom. The average Bonchev–Trinajstić information content (AvgIpc) is 2.94. The molecule has 0 saturated carbocycles. The highest BCUT2D eigenvalue weighted by atomic mass is 35.5. The van der Waals surface area contributed by atoms with Crippen LogP contribution in [0, 0.1) is 0 Å². The normalized spacial score (nSPS) is 13.5. The summed E-state index contributed by atoms with van der Waals surface area (Å²) in [5.74, 6) is 0.634. The molecule has 0 radical (unpaired) electrons. The first-order chi connectivity index (χ1) is 19.8. The van der Waals surface area contributed by atoms with Crippen LogP contribution < -0.4 is 14.8 Å². The van der Waals surface area contributed by atoms with E-state index in [1.807, 2.05) is 13.0 Å². The van der Waals surface area contributed by atoms with Gasteiger partial charge in [-0.3, -0.25) is 0 Å². The molecule has 0 heterocycles. The SMILES string of the molecule is CCc1cc(Oc2cccc(C(NCC(O)c3ccc(C(F)(F)F)cc3)c3ccc(OC(F)(F)F)cc3)c2)ccc1Cl. The van der Waals surface area contributed by atoms with Crippen LogP contribution in [-0.4, -0.2) is 18.0 Å². The Labute approximate surface area is 243 Å². The number of aryl methyl sites for hydroxylation is 1. The van der Waals surface area contributed by atoms with Crippen molar-refractivity contribution in [1.29, 1.82) is 0 Å². The molecule has 0 aliphatic rings. The van der Waals surface area contributed by atoms with E-state index < -0.39 is 36.0 Å². The van der Waals surface area contributed by atoms with Gasteiger partial charge in [0.05, 0.1) is 17.7 Å². The Bertz CT molecular complexity index is 1470. The van der Waals surface area contributed by atoms with Crippen molar-refractivity contribution >= 4 is 11.6 Å². The van der Waals surface area contributed by atoms with Gasteiger partial charge in [-0.2, -0.15) is 13.2 Å². The minimum Gasteiger partial charge on any atom is -0.457 e. The maximum Gasteiger partial charge on any atom is 0.573 e. The van der Waals surface area contributed by atoms with E-state index in [0.29, 0.717) is 34.1 Å². The van der Waals surface area contributed by atoms with Crippen LogP contribution in [0.4, 0.5) is 26.3 Å². The summed E-state index contributed by atoms with van der Waals surface area (Å²) in [7, 11) is 0. The lowest BCUT2D eigenvalue weighted by atomic mass is 9.97. The van der Waals surface area contributed by atoms with Gasteiger partial charge in [-0.1, -0.05) is 54.9 Å². The molecule has 42 heavy (non-hydrogen) atoms. The van der Waals surface area contributed by atoms with Crippen molar-refractivity contribution in [2.24, 2.45) is 0 Å². The number of nitrogens with one attached hydrogen (secondary N) is 1. The minimum atomic E-state index is -4.85. The van der Waals surface area contributed by atoms with Crippen LogP contribution >= 0.6 is 11.6 Å². The molecule has 0 aromatic heterocycles. The summed E-state index contributed by atoms with van der Waals surface area (Å²) in [5.41, 5.74) is 1.52. The molecule has 4 rings (SSSR count). The molecule has 0 fully saturated rings. The van der Waals surface area contributed by atoms with Crippen molar-refractivity contribution < 1.29 is 40.9 Å². The molecular formula is C31H26ClF6NO3. The number of hydrogen-bond acceptors (Lipinski definition) is 4. The molecule has 222 valence electrons. The lowest BCUT2D eigenvalue weighted by Gasteiger charge is -2.23. The Balaban J connectivity index is 1.59. The highest BCUT2D eigenvalue weighted by Gasteiger charge is 2.31. The van der Waals surface area contributed by atoms with Gasteiger partial charge in [0.25, 0.3) is 0 Å². The summed E-state index contributed by atoms with van der Waals surface area (Å²) in [6.07, 6.45) is -9.83. The fraction of sp³-hybridized carbons (Fsp3) is 0.226. The molecule has 0 aliphatic heterocycles. The molecule has 4 aromatic rings. The predicted molar refractivity (Wildman–Crippen MR) is 147 cm³/mol. The number of aliphatic hydroxyl groups excluding tert-OH is 1. The number of hydrogen-bond donors (Lipinski definition) is 2. The van der Waals surface area contributed by atoms with Crippen LogP contribution in [0.5, 0.6) is 17.2 Å². The van der Waals surface area contributed by atoms with E-state index >= 15 is 0 Å². The van der Waals surface area contributed by atoms with Gasteiger partial charge in [-0.05, 0) is 83.3 Å². The molecule has 0 bridgehead atoms. The number of halogens is 7. The maximum absolute atomic E-state index is 12.9. The third-order valence-electron chi connectivity index (χ3n) is 6.41. The quantitative estimate of drug-likeness (QED) is 0.176. The van der Waals surface area contributed by atoms with Crippen LogP contribution in [-0.2, 0) is 12.6 Å². The number of aliphatic hydroxyl groups is 1. The Hall–Kier alpha value is -3.73. The number of alkyl halides is 6. The highest BCUT2D eigenvalue weighted by molar-refractivity contribution is 6.31. The van der Waals surface area contributed by atoms with E-state index in [9.17, 15) is 31.4 Å². The van der Waals surface area contributed by atoms with E-state index in [2.05, 4.69) is 10.1 Å². The van der Waals surface area contributed by atoms with Crippen LogP contribution in [0.25, 0.3) is 0 Å². The van der Waals surface area contributed by atoms with Gasteiger partial charge in [0, 0.05) is 11.6 Å². The standard InChI is InChI=1S/C31H26ClF6NO3/c1-2-19-16-26(14-15-27(19)32)41-25-5-3-4-22(17-25)29(21-8-12-24(13-9-21)42-31(36,37)38)39-18-28(40)20-6-10-23(11-7-20)30(33,34)35/h3-17,28-29,39-40H,2,18H2,1H3. The van der Waals surface area contributed by atoms with Gasteiger partial charge in [0.2, 0.25) is 0 Å². The zero-order chi connectivity index (χ0) is 30.5. The molecule has 2 unspecified atom stereocenters. The first kappa shape index (κ1) is 31.2. The molecule has 4 aromatic carbocycles. The second-order valence-corrected chi connectivity index (χ2v) is 9.78. The van der Waals surface area contributed by atoms with E-state index in [4.69, 9.17) is 16.3 Å². The fourth-order valence-electron chi connectivity index (χ4n) is 4.31. The minimum absolute atomic E-state index is 0.0844. The van der Waals surface area contributed by atoms with Crippen molar-refractivity contribution in [3.63, 3.8) is 0 Å². The third kappa shape index (κ3) is 8.40. The third-order valence-corrected chi connectivity index (χ3v) is 6.78. The monoisotopic (exact) mass is 609 g/mol. The average molecular weight is 610 g/mol. The summed E-state index contributed by atoms with van der Waals surface area (Å²) < 4.78 is 86.8. The van der Waals surface area contributed by atoms with Crippen molar-refractivity contribution in [2.75, 3.05) is 6.54 Å². The molecule has 2 N–H and O–H groups in total. The largest absolute Gasteiger partial charge is 0.573 e. The first-order valence-corrected chi connectivity index (χ1v) is 13.2. The summed E-state index contributed by atoms with van der Waals surface area (Å²) in [5, 5.41) is 14.5. The zero-order valence-electron chi connectivity index (χ0n) is 22.1. The Morgan fingerprint density at radius 1 is 0.762 bits per heavy atom. The van der Waals surface area contributed by atoms with E-state index in [0.717, 1.165) is 17.7 Å². The van der Waals surface area contributed by atoms with Crippen molar-refractivity contribution in [1.82, 2.24) is 5.32 Å². The molecule has 11 heteroatoms. The van der Waals surface area contributed by atoms with Gasteiger partial charge >= 0.3 is 12.5 Å². The van der Waals surface area contributed by atoms with Gasteiger partial charge in [-0.25, -0.2) is 0 Å². The van der Waals surface area contributed by atoms with Gasteiger partial charge in [-0.15, -0.1) is 13.2 Å². The molecule has 0 spiro atoms. The first-order valence-electron chi connectivity index (χ1n) is 12.8. The number of rotatable bonds is 10. The number of benzene rings is 4. The second kappa shape index (κ2) is 13.1. The topological polar surface area (TPSA) is 50.7 Å².